The van der Waals surface area contributed by atoms with E-state index in [9.17, 15) is 9.59 Å². The number of fused-ring (bicyclic) bond motifs is 6. The maximum atomic E-state index is 13.4. The van der Waals surface area contributed by atoms with E-state index < -0.39 is 16.2 Å². The minimum atomic E-state index is -0.761. The van der Waals surface area contributed by atoms with E-state index in [4.69, 9.17) is 9.47 Å². The van der Waals surface area contributed by atoms with Crippen LogP contribution in [0, 0.1) is 5.92 Å². The quantitative estimate of drug-likeness (QED) is 0.430. The van der Waals surface area contributed by atoms with Gasteiger partial charge in [0.1, 0.15) is 22.2 Å². The molecule has 2 saturated heterocycles. The van der Waals surface area contributed by atoms with Crippen LogP contribution in [0.1, 0.15) is 23.7 Å². The Morgan fingerprint density at radius 2 is 2.19 bits per heavy atom. The average Bonchev–Trinajstić information content (AvgIpc) is 3.36. The Balaban J connectivity index is 1.63. The molecule has 2 aromatic rings. The number of esters is 1. The van der Waals surface area contributed by atoms with Crippen molar-refractivity contribution in [3.8, 4) is 0 Å². The van der Waals surface area contributed by atoms with Crippen molar-refractivity contribution in [1.82, 2.24) is 9.88 Å². The fraction of sp³-hybridized carbons (Fsp3) is 0.400. The molecule has 4 aliphatic heterocycles. The largest absolute Gasteiger partial charge is 0.467 e. The van der Waals surface area contributed by atoms with Crippen LogP contribution in [-0.2, 0) is 25.5 Å². The summed E-state index contributed by atoms with van der Waals surface area (Å²) in [7, 11) is 1.37. The third kappa shape index (κ3) is 1.75. The molecule has 0 aliphatic carbocycles. The van der Waals surface area contributed by atoms with E-state index in [1.807, 2.05) is 30.4 Å². The Morgan fingerprint density at radius 3 is 2.96 bits per heavy atom. The first-order valence-corrected chi connectivity index (χ1v) is 9.86. The van der Waals surface area contributed by atoms with Gasteiger partial charge in [0.15, 0.2) is 0 Å². The summed E-state index contributed by atoms with van der Waals surface area (Å²) in [6.45, 7) is 0. The lowest BCUT2D eigenvalue weighted by molar-refractivity contribution is -0.155. The standard InChI is InChI=1S/C20H17BrN2O4/c1-26-18(25)14-8-11-10-4-2-3-5-13(10)22-15(11)16-20-7-6-19(21,27-20)9-12(20)17(24)23(14)16/h2-7,12,14,16,22H,8-9H2,1H3. The van der Waals surface area contributed by atoms with Crippen LogP contribution in [-0.4, -0.2) is 45.0 Å². The van der Waals surface area contributed by atoms with Gasteiger partial charge in [-0.2, -0.15) is 0 Å². The summed E-state index contributed by atoms with van der Waals surface area (Å²) < 4.78 is 10.9. The molecule has 7 heteroatoms. The molecule has 4 aliphatic rings. The number of benzene rings is 1. The molecule has 1 aromatic heterocycles. The van der Waals surface area contributed by atoms with Gasteiger partial charge in [0.05, 0.1) is 13.0 Å². The second-order valence-corrected chi connectivity index (χ2v) is 9.13. The highest BCUT2D eigenvalue weighted by Crippen LogP contribution is 2.64. The lowest BCUT2D eigenvalue weighted by Crippen LogP contribution is -2.51. The van der Waals surface area contributed by atoms with E-state index in [1.165, 1.54) is 7.11 Å². The molecule has 0 radical (unpaired) electrons. The molecule has 0 saturated carbocycles. The van der Waals surface area contributed by atoms with Crippen molar-refractivity contribution in [2.24, 2.45) is 5.92 Å². The van der Waals surface area contributed by atoms with Gasteiger partial charge in [0, 0.05) is 29.4 Å². The number of aromatic nitrogens is 1. The van der Waals surface area contributed by atoms with Gasteiger partial charge in [0.25, 0.3) is 0 Å². The zero-order chi connectivity index (χ0) is 18.6. The van der Waals surface area contributed by atoms with E-state index in [1.54, 1.807) is 4.90 Å². The zero-order valence-electron chi connectivity index (χ0n) is 14.6. The highest BCUT2D eigenvalue weighted by Gasteiger charge is 2.72. The van der Waals surface area contributed by atoms with Crippen molar-refractivity contribution >= 4 is 38.7 Å². The van der Waals surface area contributed by atoms with Crippen molar-refractivity contribution in [1.29, 1.82) is 0 Å². The number of methoxy groups -OCH3 is 1. The molecule has 2 fully saturated rings. The SMILES string of the molecule is COC(=O)C1Cc2c([nH]c3ccccc23)C2N1C(=O)C1CC3(Br)C=CC12O3. The van der Waals surface area contributed by atoms with Crippen molar-refractivity contribution in [3.05, 3.63) is 47.7 Å². The Morgan fingerprint density at radius 1 is 1.37 bits per heavy atom. The lowest BCUT2D eigenvalue weighted by atomic mass is 9.78. The van der Waals surface area contributed by atoms with Crippen molar-refractivity contribution in [3.63, 3.8) is 0 Å². The molecule has 1 spiro atoms. The predicted octanol–water partition coefficient (Wildman–Crippen LogP) is 2.59. The number of carbonyl (C=O) groups is 2. The molecule has 6 nitrogen and oxygen atoms in total. The number of H-pyrrole nitrogens is 1. The number of hydrogen-bond donors (Lipinski definition) is 1. The Labute approximate surface area is 163 Å². The Hall–Kier alpha value is -2.12. The number of nitrogens with one attached hydrogen (secondary N) is 1. The summed E-state index contributed by atoms with van der Waals surface area (Å²) >= 11 is 3.63. The van der Waals surface area contributed by atoms with Crippen molar-refractivity contribution in [2.45, 2.75) is 35.0 Å². The summed E-state index contributed by atoms with van der Waals surface area (Å²) in [4.78, 5) is 31.2. The normalized spacial score (nSPS) is 38.2. The number of carbonyl (C=O) groups excluding carboxylic acids is 2. The van der Waals surface area contributed by atoms with Gasteiger partial charge in [-0.1, -0.05) is 18.2 Å². The Bertz CT molecular complexity index is 1060. The first kappa shape index (κ1) is 15.9. The molecule has 6 rings (SSSR count). The number of aromatic amines is 1. The molecule has 138 valence electrons. The second-order valence-electron chi connectivity index (χ2n) is 7.79. The van der Waals surface area contributed by atoms with Crippen molar-refractivity contribution in [2.75, 3.05) is 7.11 Å². The number of rotatable bonds is 1. The first-order chi connectivity index (χ1) is 13.0. The van der Waals surface area contributed by atoms with Crippen LogP contribution in [0.3, 0.4) is 0 Å². The van der Waals surface area contributed by atoms with Gasteiger partial charge >= 0.3 is 5.97 Å². The third-order valence-electron chi connectivity index (χ3n) is 6.55. The van der Waals surface area contributed by atoms with Crippen molar-refractivity contribution < 1.29 is 19.1 Å². The number of ether oxygens (including phenoxy) is 2. The Kier molecular flexibility index (Phi) is 2.84. The number of amides is 1. The zero-order valence-corrected chi connectivity index (χ0v) is 16.2. The van der Waals surface area contributed by atoms with Crippen LogP contribution in [0.4, 0.5) is 0 Å². The van der Waals surface area contributed by atoms with Gasteiger partial charge in [-0.25, -0.2) is 4.79 Å². The van der Waals surface area contributed by atoms with E-state index in [0.29, 0.717) is 12.8 Å². The monoisotopic (exact) mass is 428 g/mol. The molecule has 5 unspecified atom stereocenters. The molecule has 5 heterocycles. The number of hydrogen-bond acceptors (Lipinski definition) is 4. The predicted molar refractivity (Wildman–Crippen MR) is 100 cm³/mol. The molecule has 5 atom stereocenters. The molecule has 1 N–H and O–H groups in total. The van der Waals surface area contributed by atoms with Gasteiger partial charge in [-0.3, -0.25) is 4.79 Å². The third-order valence-corrected chi connectivity index (χ3v) is 7.30. The van der Waals surface area contributed by atoms with Crippen LogP contribution in [0.15, 0.2) is 36.4 Å². The summed E-state index contributed by atoms with van der Waals surface area (Å²) in [5, 5.41) is 1.08. The highest BCUT2D eigenvalue weighted by molar-refractivity contribution is 9.10. The number of para-hydroxylation sites is 1. The molecule has 27 heavy (non-hydrogen) atoms. The second kappa shape index (κ2) is 4.83. The molecule has 1 amide bonds. The molecule has 1 aromatic carbocycles. The van der Waals surface area contributed by atoms with E-state index >= 15 is 0 Å². The summed E-state index contributed by atoms with van der Waals surface area (Å²) in [6, 6.07) is 7.03. The molecule has 2 bridgehead atoms. The molecular formula is C20H17BrN2O4. The minimum absolute atomic E-state index is 0.0367. The van der Waals surface area contributed by atoms with E-state index in [2.05, 4.69) is 27.0 Å². The van der Waals surface area contributed by atoms with Crippen LogP contribution in [0.25, 0.3) is 10.9 Å². The lowest BCUT2D eigenvalue weighted by Gasteiger charge is -2.40. The van der Waals surface area contributed by atoms with Crippen LogP contribution >= 0.6 is 15.9 Å². The number of nitrogens with zero attached hydrogens (tertiary/aromatic N) is 1. The van der Waals surface area contributed by atoms with Gasteiger partial charge in [-0.05, 0) is 39.7 Å². The van der Waals surface area contributed by atoms with Gasteiger partial charge in [0.2, 0.25) is 5.91 Å². The summed E-state index contributed by atoms with van der Waals surface area (Å²) in [5.41, 5.74) is 2.28. The summed E-state index contributed by atoms with van der Waals surface area (Å²) in [5.74, 6) is -0.727. The molecular weight excluding hydrogens is 412 g/mol. The maximum Gasteiger partial charge on any atom is 0.328 e. The smallest absolute Gasteiger partial charge is 0.328 e. The van der Waals surface area contributed by atoms with Crippen LogP contribution in [0.2, 0.25) is 0 Å². The van der Waals surface area contributed by atoms with E-state index in [-0.39, 0.29) is 23.8 Å². The fourth-order valence-corrected chi connectivity index (χ4v) is 6.23. The number of halogens is 1. The van der Waals surface area contributed by atoms with Crippen LogP contribution < -0.4 is 0 Å². The van der Waals surface area contributed by atoms with Crippen LogP contribution in [0.5, 0.6) is 0 Å². The fourth-order valence-electron chi connectivity index (χ4n) is 5.49. The average molecular weight is 429 g/mol. The minimum Gasteiger partial charge on any atom is -0.467 e. The van der Waals surface area contributed by atoms with Gasteiger partial charge in [-0.15, -0.1) is 0 Å². The number of alkyl halides is 1. The summed E-state index contributed by atoms with van der Waals surface area (Å²) in [6.07, 6.45) is 5.01. The van der Waals surface area contributed by atoms with E-state index in [0.717, 1.165) is 22.2 Å². The first-order valence-electron chi connectivity index (χ1n) is 9.06. The maximum absolute atomic E-state index is 13.4. The highest BCUT2D eigenvalue weighted by atomic mass is 79.9. The van der Waals surface area contributed by atoms with Gasteiger partial charge < -0.3 is 19.4 Å². The topological polar surface area (TPSA) is 71.6 Å².